The van der Waals surface area contributed by atoms with Gasteiger partial charge in [-0.05, 0) is 19.4 Å². The van der Waals surface area contributed by atoms with Crippen molar-refractivity contribution in [1.29, 1.82) is 0 Å². The van der Waals surface area contributed by atoms with Gasteiger partial charge in [-0.1, -0.05) is 0 Å². The number of nitrogens with one attached hydrogen (secondary N) is 1. The molecule has 0 radical (unpaired) electrons. The Morgan fingerprint density at radius 3 is 3.00 bits per heavy atom. The average molecular weight is 333 g/mol. The lowest BCUT2D eigenvalue weighted by Crippen LogP contribution is -2.36. The summed E-state index contributed by atoms with van der Waals surface area (Å²) >= 11 is 1.51. The molecule has 0 aromatic carbocycles. The highest BCUT2D eigenvalue weighted by Crippen LogP contribution is 2.26. The molecule has 2 N–H and O–H groups in total. The quantitative estimate of drug-likeness (QED) is 0.838. The van der Waals surface area contributed by atoms with Crippen molar-refractivity contribution >= 4 is 28.3 Å². The maximum absolute atomic E-state index is 10.7. The number of carboxylic acids is 1. The molecular weight excluding hydrogens is 314 g/mol. The number of hydrogen-bond acceptors (Lipinski definition) is 7. The molecule has 2 aromatic heterocycles. The Labute approximate surface area is 138 Å². The first kappa shape index (κ1) is 15.8. The monoisotopic (exact) mass is 333 g/mol. The van der Waals surface area contributed by atoms with E-state index in [0.717, 1.165) is 36.8 Å². The molecule has 23 heavy (non-hydrogen) atoms. The van der Waals surface area contributed by atoms with Crippen LogP contribution in [-0.4, -0.2) is 50.6 Å². The van der Waals surface area contributed by atoms with E-state index < -0.39 is 5.97 Å². The van der Waals surface area contributed by atoms with Gasteiger partial charge in [-0.15, -0.1) is 11.3 Å². The maximum atomic E-state index is 10.7. The molecule has 1 unspecified atom stereocenters. The predicted octanol–water partition coefficient (Wildman–Crippen LogP) is 2.33. The SMILES string of the molecule is O=C(O)CCN1CCCC(c2cnc(Nc3nccs3)cn2)C1. The van der Waals surface area contributed by atoms with Gasteiger partial charge in [-0.2, -0.15) is 0 Å². The molecule has 0 bridgehead atoms. The number of carbonyl (C=O) groups is 1. The molecule has 1 atom stereocenters. The van der Waals surface area contributed by atoms with Gasteiger partial charge in [0.25, 0.3) is 0 Å². The van der Waals surface area contributed by atoms with Gasteiger partial charge in [0.05, 0.1) is 24.5 Å². The van der Waals surface area contributed by atoms with Gasteiger partial charge in [-0.25, -0.2) is 9.97 Å². The number of rotatable bonds is 6. The number of anilines is 2. The summed E-state index contributed by atoms with van der Waals surface area (Å²) in [7, 11) is 0. The van der Waals surface area contributed by atoms with Gasteiger partial charge in [0.1, 0.15) is 0 Å². The number of nitrogens with zero attached hydrogens (tertiary/aromatic N) is 4. The van der Waals surface area contributed by atoms with Crippen LogP contribution in [0.2, 0.25) is 0 Å². The number of carboxylic acid groups (broad SMARTS) is 1. The van der Waals surface area contributed by atoms with Gasteiger partial charge in [0, 0.05) is 30.6 Å². The third-order valence-electron chi connectivity index (χ3n) is 3.90. The van der Waals surface area contributed by atoms with Crippen LogP contribution in [0, 0.1) is 0 Å². The van der Waals surface area contributed by atoms with E-state index in [1.807, 2.05) is 5.38 Å². The molecule has 8 heteroatoms. The molecule has 1 aliphatic heterocycles. The average Bonchev–Trinajstić information content (AvgIpc) is 3.07. The maximum Gasteiger partial charge on any atom is 0.304 e. The van der Waals surface area contributed by atoms with Crippen molar-refractivity contribution in [3.8, 4) is 0 Å². The Kier molecular flexibility index (Phi) is 5.14. The summed E-state index contributed by atoms with van der Waals surface area (Å²) in [5, 5.41) is 14.6. The van der Waals surface area contributed by atoms with Gasteiger partial charge >= 0.3 is 5.97 Å². The van der Waals surface area contributed by atoms with Crippen LogP contribution in [0.1, 0.15) is 30.9 Å². The van der Waals surface area contributed by atoms with Crippen molar-refractivity contribution in [2.45, 2.75) is 25.2 Å². The van der Waals surface area contributed by atoms with E-state index in [-0.39, 0.29) is 6.42 Å². The molecule has 3 rings (SSSR count). The zero-order valence-corrected chi connectivity index (χ0v) is 13.5. The summed E-state index contributed by atoms with van der Waals surface area (Å²) in [4.78, 5) is 26.0. The predicted molar refractivity (Wildman–Crippen MR) is 88.1 cm³/mol. The molecule has 0 saturated carbocycles. The second kappa shape index (κ2) is 7.47. The van der Waals surface area contributed by atoms with Crippen molar-refractivity contribution in [1.82, 2.24) is 19.9 Å². The fraction of sp³-hybridized carbons (Fsp3) is 0.467. The van der Waals surface area contributed by atoms with E-state index in [9.17, 15) is 4.79 Å². The van der Waals surface area contributed by atoms with E-state index in [0.29, 0.717) is 18.3 Å². The minimum Gasteiger partial charge on any atom is -0.481 e. The molecule has 3 heterocycles. The largest absolute Gasteiger partial charge is 0.481 e. The van der Waals surface area contributed by atoms with Crippen molar-refractivity contribution < 1.29 is 9.90 Å². The Bertz CT molecular complexity index is 632. The van der Waals surface area contributed by atoms with Crippen LogP contribution in [0.15, 0.2) is 24.0 Å². The van der Waals surface area contributed by atoms with Gasteiger partial charge < -0.3 is 15.3 Å². The van der Waals surface area contributed by atoms with E-state index in [1.54, 1.807) is 18.6 Å². The highest BCUT2D eigenvalue weighted by molar-refractivity contribution is 7.13. The summed E-state index contributed by atoms with van der Waals surface area (Å²) in [5.74, 6) is 0.255. The van der Waals surface area contributed by atoms with Gasteiger partial charge in [0.15, 0.2) is 10.9 Å². The van der Waals surface area contributed by atoms with Crippen LogP contribution in [0.25, 0.3) is 0 Å². The first-order chi connectivity index (χ1) is 11.2. The number of likely N-dealkylation sites (tertiary alicyclic amines) is 1. The van der Waals surface area contributed by atoms with Crippen LogP contribution in [-0.2, 0) is 4.79 Å². The van der Waals surface area contributed by atoms with Crippen molar-refractivity contribution in [2.75, 3.05) is 25.0 Å². The van der Waals surface area contributed by atoms with Crippen molar-refractivity contribution in [3.63, 3.8) is 0 Å². The summed E-state index contributed by atoms with van der Waals surface area (Å²) in [6.07, 6.45) is 7.59. The van der Waals surface area contributed by atoms with Crippen LogP contribution in [0.3, 0.4) is 0 Å². The highest BCUT2D eigenvalue weighted by atomic mass is 32.1. The molecule has 1 saturated heterocycles. The zero-order valence-electron chi connectivity index (χ0n) is 12.7. The first-order valence-corrected chi connectivity index (χ1v) is 8.51. The lowest BCUT2D eigenvalue weighted by molar-refractivity contribution is -0.137. The molecule has 2 aromatic rings. The first-order valence-electron chi connectivity index (χ1n) is 7.63. The zero-order chi connectivity index (χ0) is 16.1. The lowest BCUT2D eigenvalue weighted by atomic mass is 9.95. The van der Waals surface area contributed by atoms with E-state index in [4.69, 9.17) is 5.11 Å². The number of aromatic nitrogens is 3. The van der Waals surface area contributed by atoms with Crippen LogP contribution in [0.4, 0.5) is 10.9 Å². The fourth-order valence-corrected chi connectivity index (χ4v) is 3.30. The molecule has 1 fully saturated rings. The Morgan fingerprint density at radius 2 is 2.30 bits per heavy atom. The van der Waals surface area contributed by atoms with Crippen LogP contribution < -0.4 is 5.32 Å². The fourth-order valence-electron chi connectivity index (χ4n) is 2.76. The third-order valence-corrected chi connectivity index (χ3v) is 4.59. The summed E-state index contributed by atoms with van der Waals surface area (Å²) in [5.41, 5.74) is 0.967. The van der Waals surface area contributed by atoms with Crippen molar-refractivity contribution in [2.24, 2.45) is 0 Å². The van der Waals surface area contributed by atoms with Crippen LogP contribution in [0.5, 0.6) is 0 Å². The summed E-state index contributed by atoms with van der Waals surface area (Å²) < 4.78 is 0. The normalized spacial score (nSPS) is 18.7. The molecule has 0 aliphatic carbocycles. The molecule has 1 aliphatic rings. The number of piperidine rings is 1. The minimum atomic E-state index is -0.746. The topological polar surface area (TPSA) is 91.2 Å². The van der Waals surface area contributed by atoms with Gasteiger partial charge in [-0.3, -0.25) is 9.78 Å². The second-order valence-electron chi connectivity index (χ2n) is 5.57. The van der Waals surface area contributed by atoms with Crippen molar-refractivity contribution in [3.05, 3.63) is 29.7 Å². The van der Waals surface area contributed by atoms with Gasteiger partial charge in [0.2, 0.25) is 0 Å². The number of hydrogen-bond donors (Lipinski definition) is 2. The standard InChI is InChI=1S/C15H19N5O2S/c21-14(22)3-6-20-5-1-2-11(10-20)12-8-18-13(9-17-12)19-15-16-4-7-23-15/h4,7-9,11H,1-3,5-6,10H2,(H,21,22)(H,16,18,19). The summed E-state index contributed by atoms with van der Waals surface area (Å²) in [6.45, 7) is 2.41. The molecule has 122 valence electrons. The highest BCUT2D eigenvalue weighted by Gasteiger charge is 2.22. The van der Waals surface area contributed by atoms with E-state index in [1.165, 1.54) is 11.3 Å². The van der Waals surface area contributed by atoms with E-state index >= 15 is 0 Å². The molecular formula is C15H19N5O2S. The molecule has 0 spiro atoms. The Morgan fingerprint density at radius 1 is 1.39 bits per heavy atom. The summed E-state index contributed by atoms with van der Waals surface area (Å²) in [6, 6.07) is 0. The smallest absolute Gasteiger partial charge is 0.304 e. The van der Waals surface area contributed by atoms with Crippen LogP contribution >= 0.6 is 11.3 Å². The van der Waals surface area contributed by atoms with E-state index in [2.05, 4.69) is 25.2 Å². The molecule has 0 amide bonds. The lowest BCUT2D eigenvalue weighted by Gasteiger charge is -2.31. The number of thiazole rings is 1. The molecule has 7 nitrogen and oxygen atoms in total. The Hall–Kier alpha value is -2.06. The Balaban J connectivity index is 1.58. The third kappa shape index (κ3) is 4.46. The minimum absolute atomic E-state index is 0.190. The second-order valence-corrected chi connectivity index (χ2v) is 6.47. The number of aliphatic carboxylic acids is 1.